The molecule has 1 aromatic carbocycles. The SMILES string of the molecule is OCCOc1ccc2cnncc2c1. The van der Waals surface area contributed by atoms with Gasteiger partial charge in [-0.2, -0.15) is 10.2 Å². The minimum atomic E-state index is 0.0205. The van der Waals surface area contributed by atoms with Crippen LogP contribution < -0.4 is 4.74 Å². The van der Waals surface area contributed by atoms with Gasteiger partial charge in [-0.3, -0.25) is 0 Å². The molecule has 0 radical (unpaired) electrons. The molecule has 0 saturated heterocycles. The van der Waals surface area contributed by atoms with E-state index < -0.39 is 0 Å². The molecule has 0 aliphatic rings. The van der Waals surface area contributed by atoms with Crippen LogP contribution in [0.1, 0.15) is 0 Å². The van der Waals surface area contributed by atoms with Crippen LogP contribution in [0.25, 0.3) is 10.8 Å². The summed E-state index contributed by atoms with van der Waals surface area (Å²) >= 11 is 0. The van der Waals surface area contributed by atoms with Gasteiger partial charge < -0.3 is 9.84 Å². The molecule has 72 valence electrons. The molecule has 0 unspecified atom stereocenters. The van der Waals surface area contributed by atoms with E-state index in [1.54, 1.807) is 12.4 Å². The van der Waals surface area contributed by atoms with Crippen LogP contribution in [0.4, 0.5) is 0 Å². The van der Waals surface area contributed by atoms with E-state index in [0.29, 0.717) is 6.61 Å². The number of aliphatic hydroxyl groups excluding tert-OH is 1. The summed E-state index contributed by atoms with van der Waals surface area (Å²) in [5.41, 5.74) is 0. The first-order valence-electron chi connectivity index (χ1n) is 4.34. The maximum Gasteiger partial charge on any atom is 0.120 e. The summed E-state index contributed by atoms with van der Waals surface area (Å²) in [4.78, 5) is 0. The number of hydrogen-bond acceptors (Lipinski definition) is 4. The lowest BCUT2D eigenvalue weighted by atomic mass is 10.2. The summed E-state index contributed by atoms with van der Waals surface area (Å²) in [5, 5.41) is 18.2. The van der Waals surface area contributed by atoms with Gasteiger partial charge >= 0.3 is 0 Å². The Hall–Kier alpha value is -1.68. The van der Waals surface area contributed by atoms with Gasteiger partial charge in [-0.1, -0.05) is 0 Å². The number of fused-ring (bicyclic) bond motifs is 1. The largest absolute Gasteiger partial charge is 0.491 e. The smallest absolute Gasteiger partial charge is 0.120 e. The van der Waals surface area contributed by atoms with Crippen LogP contribution in [0.5, 0.6) is 5.75 Å². The molecule has 14 heavy (non-hydrogen) atoms. The molecule has 1 aromatic heterocycles. The number of aliphatic hydroxyl groups is 1. The molecule has 4 heteroatoms. The van der Waals surface area contributed by atoms with E-state index in [0.717, 1.165) is 16.5 Å². The Bertz CT molecular complexity index is 431. The van der Waals surface area contributed by atoms with Crippen molar-refractivity contribution in [3.8, 4) is 5.75 Å². The van der Waals surface area contributed by atoms with Crippen LogP contribution in [0, 0.1) is 0 Å². The third kappa shape index (κ3) is 1.80. The summed E-state index contributed by atoms with van der Waals surface area (Å²) in [5.74, 6) is 0.736. The van der Waals surface area contributed by atoms with Gasteiger partial charge in [0.2, 0.25) is 0 Å². The second-order valence-corrected chi connectivity index (χ2v) is 2.85. The summed E-state index contributed by atoms with van der Waals surface area (Å²) in [7, 11) is 0. The first-order valence-corrected chi connectivity index (χ1v) is 4.34. The number of hydrogen-bond donors (Lipinski definition) is 1. The molecular weight excluding hydrogens is 180 g/mol. The Morgan fingerprint density at radius 3 is 2.71 bits per heavy atom. The lowest BCUT2D eigenvalue weighted by molar-refractivity contribution is 0.201. The number of ether oxygens (including phenoxy) is 1. The molecule has 1 N–H and O–H groups in total. The van der Waals surface area contributed by atoms with Crippen LogP contribution in [-0.4, -0.2) is 28.5 Å². The quantitative estimate of drug-likeness (QED) is 0.784. The molecular formula is C10H10N2O2. The monoisotopic (exact) mass is 190 g/mol. The zero-order valence-electron chi connectivity index (χ0n) is 7.55. The number of rotatable bonds is 3. The topological polar surface area (TPSA) is 55.2 Å². The zero-order chi connectivity index (χ0) is 9.80. The van der Waals surface area contributed by atoms with Gasteiger partial charge in [-0.15, -0.1) is 0 Å². The third-order valence-corrected chi connectivity index (χ3v) is 1.88. The Balaban J connectivity index is 2.32. The van der Waals surface area contributed by atoms with Crippen molar-refractivity contribution in [2.75, 3.05) is 13.2 Å². The van der Waals surface area contributed by atoms with Crippen molar-refractivity contribution < 1.29 is 9.84 Å². The molecule has 2 rings (SSSR count). The van der Waals surface area contributed by atoms with Crippen molar-refractivity contribution in [3.05, 3.63) is 30.6 Å². The molecule has 4 nitrogen and oxygen atoms in total. The van der Waals surface area contributed by atoms with E-state index in [9.17, 15) is 0 Å². The fourth-order valence-corrected chi connectivity index (χ4v) is 1.23. The number of nitrogens with zero attached hydrogens (tertiary/aromatic N) is 2. The van der Waals surface area contributed by atoms with Crippen LogP contribution in [-0.2, 0) is 0 Å². The number of aromatic nitrogens is 2. The van der Waals surface area contributed by atoms with Crippen molar-refractivity contribution in [1.82, 2.24) is 10.2 Å². The minimum Gasteiger partial charge on any atom is -0.491 e. The van der Waals surface area contributed by atoms with Gasteiger partial charge in [-0.25, -0.2) is 0 Å². The third-order valence-electron chi connectivity index (χ3n) is 1.88. The predicted molar refractivity (Wildman–Crippen MR) is 52.1 cm³/mol. The molecule has 0 fully saturated rings. The van der Waals surface area contributed by atoms with Crippen molar-refractivity contribution in [2.24, 2.45) is 0 Å². The Morgan fingerprint density at radius 1 is 1.14 bits per heavy atom. The molecule has 1 heterocycles. The van der Waals surface area contributed by atoms with Gasteiger partial charge in [0.1, 0.15) is 12.4 Å². The van der Waals surface area contributed by atoms with Crippen molar-refractivity contribution in [3.63, 3.8) is 0 Å². The van der Waals surface area contributed by atoms with Gasteiger partial charge in [0.25, 0.3) is 0 Å². The maximum absolute atomic E-state index is 8.59. The van der Waals surface area contributed by atoms with Crippen molar-refractivity contribution in [1.29, 1.82) is 0 Å². The second-order valence-electron chi connectivity index (χ2n) is 2.85. The van der Waals surface area contributed by atoms with Crippen LogP contribution in [0.3, 0.4) is 0 Å². The first kappa shape index (κ1) is 8.90. The van der Waals surface area contributed by atoms with Crippen molar-refractivity contribution in [2.45, 2.75) is 0 Å². The van der Waals surface area contributed by atoms with E-state index >= 15 is 0 Å². The molecule has 0 amide bonds. The Labute approximate surface area is 81.2 Å². The average Bonchev–Trinajstić information content (AvgIpc) is 2.26. The minimum absolute atomic E-state index is 0.0205. The summed E-state index contributed by atoms with van der Waals surface area (Å²) in [6, 6.07) is 5.63. The molecule has 0 aliphatic heterocycles. The van der Waals surface area contributed by atoms with E-state index in [-0.39, 0.29) is 6.61 Å². The van der Waals surface area contributed by atoms with Gasteiger partial charge in [0, 0.05) is 10.8 Å². The standard InChI is InChI=1S/C10H10N2O2/c13-3-4-14-10-2-1-8-6-11-12-7-9(8)5-10/h1-2,5-7,13H,3-4H2. The normalized spacial score (nSPS) is 10.4. The highest BCUT2D eigenvalue weighted by atomic mass is 16.5. The highest BCUT2D eigenvalue weighted by Crippen LogP contribution is 2.18. The van der Waals surface area contributed by atoms with Gasteiger partial charge in [0.05, 0.1) is 19.0 Å². The fourth-order valence-electron chi connectivity index (χ4n) is 1.23. The average molecular weight is 190 g/mol. The Kier molecular flexibility index (Phi) is 2.55. The Morgan fingerprint density at radius 2 is 1.93 bits per heavy atom. The summed E-state index contributed by atoms with van der Waals surface area (Å²) in [6.07, 6.45) is 3.38. The van der Waals surface area contributed by atoms with Gasteiger partial charge in [-0.05, 0) is 18.2 Å². The van der Waals surface area contributed by atoms with E-state index in [1.165, 1.54) is 0 Å². The van der Waals surface area contributed by atoms with E-state index in [2.05, 4.69) is 10.2 Å². The first-order chi connectivity index (χ1) is 6.90. The number of benzene rings is 1. The molecule has 0 aliphatic carbocycles. The summed E-state index contributed by atoms with van der Waals surface area (Å²) in [6.45, 7) is 0.330. The predicted octanol–water partition coefficient (Wildman–Crippen LogP) is 1.00. The molecule has 2 aromatic rings. The molecule has 0 bridgehead atoms. The molecule has 0 saturated carbocycles. The zero-order valence-corrected chi connectivity index (χ0v) is 7.55. The van der Waals surface area contributed by atoms with E-state index in [4.69, 9.17) is 9.84 Å². The lowest BCUT2D eigenvalue weighted by Gasteiger charge is -2.04. The van der Waals surface area contributed by atoms with Crippen LogP contribution in [0.2, 0.25) is 0 Å². The van der Waals surface area contributed by atoms with Gasteiger partial charge in [0.15, 0.2) is 0 Å². The molecule has 0 atom stereocenters. The fraction of sp³-hybridized carbons (Fsp3) is 0.200. The van der Waals surface area contributed by atoms with Crippen LogP contribution in [0.15, 0.2) is 30.6 Å². The second kappa shape index (κ2) is 4.02. The van der Waals surface area contributed by atoms with Crippen LogP contribution >= 0.6 is 0 Å². The maximum atomic E-state index is 8.59. The molecule has 0 spiro atoms. The lowest BCUT2D eigenvalue weighted by Crippen LogP contribution is -2.01. The van der Waals surface area contributed by atoms with Crippen molar-refractivity contribution >= 4 is 10.8 Å². The van der Waals surface area contributed by atoms with E-state index in [1.807, 2.05) is 18.2 Å². The highest BCUT2D eigenvalue weighted by Gasteiger charge is 1.96. The summed E-state index contributed by atoms with van der Waals surface area (Å²) < 4.78 is 5.27. The highest BCUT2D eigenvalue weighted by molar-refractivity contribution is 5.81.